The molecule has 0 spiro atoms. The second-order valence-corrected chi connectivity index (χ2v) is 18.6. The van der Waals surface area contributed by atoms with Gasteiger partial charge in [-0.2, -0.15) is 0 Å². The minimum Gasteiger partial charge on any atom is -0.465 e. The number of hydrogen-bond donors (Lipinski definition) is 4. The summed E-state index contributed by atoms with van der Waals surface area (Å²) in [6.45, 7) is 9.74. The zero-order chi connectivity index (χ0) is 43.1. The van der Waals surface area contributed by atoms with Crippen molar-refractivity contribution in [3.63, 3.8) is 0 Å². The summed E-state index contributed by atoms with van der Waals surface area (Å²) < 4.78 is 36.1. The Morgan fingerprint density at radius 3 is 2.24 bits per heavy atom. The van der Waals surface area contributed by atoms with Gasteiger partial charge in [0.2, 0.25) is 33.7 Å². The molecular weight excluding hydrogens is 769 g/mol. The summed E-state index contributed by atoms with van der Waals surface area (Å²) in [5.41, 5.74) is 0.836. The van der Waals surface area contributed by atoms with Crippen LogP contribution in [0.2, 0.25) is 0 Å². The lowest BCUT2D eigenvalue weighted by Gasteiger charge is -2.41. The van der Waals surface area contributed by atoms with Crippen LogP contribution in [0.15, 0.2) is 30.3 Å². The normalized spacial score (nSPS) is 24.1. The highest BCUT2D eigenvalue weighted by Crippen LogP contribution is 2.42. The molecule has 3 fully saturated rings. The molecule has 1 aliphatic carbocycles. The van der Waals surface area contributed by atoms with Gasteiger partial charge in [0, 0.05) is 39.9 Å². The van der Waals surface area contributed by atoms with Crippen molar-refractivity contribution in [1.29, 1.82) is 0 Å². The fourth-order valence-corrected chi connectivity index (χ4v) is 10.3. The molecule has 0 aromatic heterocycles. The molecule has 16 nitrogen and oxygen atoms in total. The number of carboxylic acid groups (broad SMARTS) is 1. The van der Waals surface area contributed by atoms with E-state index in [2.05, 4.69) is 10.6 Å². The van der Waals surface area contributed by atoms with Crippen LogP contribution in [0.3, 0.4) is 0 Å². The molecule has 11 atom stereocenters. The zero-order valence-electron chi connectivity index (χ0n) is 35.3. The van der Waals surface area contributed by atoms with Crippen LogP contribution in [0, 0.1) is 23.7 Å². The highest BCUT2D eigenvalue weighted by atomic mass is 32.2. The van der Waals surface area contributed by atoms with E-state index in [1.54, 1.807) is 23.8 Å². The van der Waals surface area contributed by atoms with Crippen LogP contribution in [-0.2, 0) is 45.1 Å². The van der Waals surface area contributed by atoms with E-state index in [0.717, 1.165) is 18.4 Å². The van der Waals surface area contributed by atoms with E-state index in [1.165, 1.54) is 19.1 Å². The Bertz CT molecular complexity index is 1700. The Morgan fingerprint density at radius 1 is 1.00 bits per heavy atom. The number of likely N-dealkylation sites (N-methyl/N-ethyl adjacent to an activating group) is 1. The van der Waals surface area contributed by atoms with Gasteiger partial charge in [0.15, 0.2) is 0 Å². The van der Waals surface area contributed by atoms with E-state index < -0.39 is 82.0 Å². The second kappa shape index (κ2) is 20.4. The number of carbonyl (C=O) groups is 5. The minimum absolute atomic E-state index is 0.0679. The molecule has 1 saturated carbocycles. The van der Waals surface area contributed by atoms with E-state index in [0.29, 0.717) is 32.2 Å². The number of benzene rings is 1. The van der Waals surface area contributed by atoms with Crippen LogP contribution in [0.5, 0.6) is 0 Å². The number of rotatable bonds is 20. The summed E-state index contributed by atoms with van der Waals surface area (Å²) in [5.74, 6) is -3.22. The minimum atomic E-state index is -3.92. The van der Waals surface area contributed by atoms with Gasteiger partial charge in [0.1, 0.15) is 12.1 Å². The lowest BCUT2D eigenvalue weighted by Crippen LogP contribution is -2.60. The SMILES string of the molecule is CC[C@H](C)[C@@H]([C@@H](CC(=O)N1CCCC1[C@H](OC)[C@@H](C)C(=O)NC(Cc1ccccc1)CS(N)(=O)=O)OC)N(C)C(=O)C(NC(=O)[C@@H]1[C@H]2CC[C@H](C2)N1C(=O)O)C(C)C. The van der Waals surface area contributed by atoms with Crippen LogP contribution in [0.4, 0.5) is 4.79 Å². The zero-order valence-corrected chi connectivity index (χ0v) is 36.2. The maximum atomic E-state index is 14.3. The van der Waals surface area contributed by atoms with Crippen molar-refractivity contribution in [2.24, 2.45) is 28.8 Å². The smallest absolute Gasteiger partial charge is 0.408 e. The summed E-state index contributed by atoms with van der Waals surface area (Å²) >= 11 is 0. The summed E-state index contributed by atoms with van der Waals surface area (Å²) in [6, 6.07) is 5.40. The first kappa shape index (κ1) is 46.9. The molecule has 58 heavy (non-hydrogen) atoms. The summed E-state index contributed by atoms with van der Waals surface area (Å²) in [7, 11) is 0.722. The van der Waals surface area contributed by atoms with Crippen LogP contribution < -0.4 is 15.8 Å². The topological polar surface area (TPSA) is 218 Å². The van der Waals surface area contributed by atoms with Crippen molar-refractivity contribution in [2.45, 2.75) is 134 Å². The summed E-state index contributed by atoms with van der Waals surface area (Å²) in [5, 5.41) is 21.1. The Hall–Kier alpha value is -3.80. The number of ether oxygens (including phenoxy) is 2. The second-order valence-electron chi connectivity index (χ2n) is 16.9. The number of nitrogens with one attached hydrogen (secondary N) is 2. The molecular formula is C41H66N6O10S. The molecule has 2 heterocycles. The molecule has 3 aliphatic rings. The van der Waals surface area contributed by atoms with Crippen molar-refractivity contribution < 1.29 is 47.0 Å². The largest absolute Gasteiger partial charge is 0.465 e. The van der Waals surface area contributed by atoms with Crippen molar-refractivity contribution in [3.05, 3.63) is 35.9 Å². The van der Waals surface area contributed by atoms with Gasteiger partial charge >= 0.3 is 6.09 Å². The average Bonchev–Trinajstić information content (AvgIpc) is 3.93. The first-order valence-corrected chi connectivity index (χ1v) is 22.3. The number of likely N-dealkylation sites (tertiary alicyclic amines) is 2. The van der Waals surface area contributed by atoms with Crippen LogP contribution >= 0.6 is 0 Å². The Kier molecular flexibility index (Phi) is 16.5. The number of hydrogen-bond acceptors (Lipinski definition) is 9. The van der Waals surface area contributed by atoms with Crippen molar-refractivity contribution in [1.82, 2.24) is 25.3 Å². The van der Waals surface area contributed by atoms with Gasteiger partial charge in [-0.15, -0.1) is 0 Å². The average molecular weight is 835 g/mol. The predicted molar refractivity (Wildman–Crippen MR) is 218 cm³/mol. The number of nitrogens with zero attached hydrogens (tertiary/aromatic N) is 3. The van der Waals surface area contributed by atoms with Crippen molar-refractivity contribution >= 4 is 39.7 Å². The van der Waals surface area contributed by atoms with E-state index in [-0.39, 0.29) is 48.5 Å². The first-order valence-electron chi connectivity index (χ1n) is 20.6. The number of primary sulfonamides is 1. The highest BCUT2D eigenvalue weighted by molar-refractivity contribution is 7.89. The molecule has 5 N–H and O–H groups in total. The molecule has 0 radical (unpaired) electrons. The molecule has 2 saturated heterocycles. The third-order valence-electron chi connectivity index (χ3n) is 12.7. The number of sulfonamides is 1. The Morgan fingerprint density at radius 2 is 1.67 bits per heavy atom. The number of nitrogens with two attached hydrogens (primary N) is 1. The number of fused-ring (bicyclic) bond motifs is 2. The van der Waals surface area contributed by atoms with Gasteiger partial charge in [-0.25, -0.2) is 18.4 Å². The maximum absolute atomic E-state index is 14.3. The fraction of sp³-hybridized carbons (Fsp3) is 0.732. The number of amides is 5. The number of methoxy groups -OCH3 is 2. The molecule has 1 aromatic carbocycles. The fourth-order valence-electron chi connectivity index (χ4n) is 9.54. The quantitative estimate of drug-likeness (QED) is 0.151. The monoisotopic (exact) mass is 834 g/mol. The molecule has 2 aliphatic heterocycles. The van der Waals surface area contributed by atoms with Gasteiger partial charge < -0.3 is 35.0 Å². The molecule has 326 valence electrons. The molecule has 1 aromatic rings. The standard InChI is InChI=1S/C41H66N6O10S/c1-9-25(4)35(45(6)40(51)34(24(2)3)44-39(50)36-28-17-18-30(21-28)47(36)41(52)53)32(56-7)22-33(48)46-19-13-16-31(46)37(57-8)26(5)38(49)43-29(23-58(42,54)55)20-27-14-11-10-12-15-27/h10-12,14-15,24-26,28-32,34-37H,9,13,16-23H2,1-8H3,(H,43,49)(H,44,50)(H,52,53)(H2,42,54,55)/t25-,26+,28-,29?,30+,31?,32+,34?,35-,36-,37+/m0/s1. The maximum Gasteiger partial charge on any atom is 0.408 e. The van der Waals surface area contributed by atoms with Crippen molar-refractivity contribution in [3.8, 4) is 0 Å². The van der Waals surface area contributed by atoms with Gasteiger partial charge in [-0.05, 0) is 61.8 Å². The number of piperidine rings is 1. The van der Waals surface area contributed by atoms with Gasteiger partial charge in [-0.3, -0.25) is 24.1 Å². The predicted octanol–water partition coefficient (Wildman–Crippen LogP) is 2.59. The Balaban J connectivity index is 1.48. The molecule has 4 rings (SSSR count). The summed E-state index contributed by atoms with van der Waals surface area (Å²) in [6.07, 6.45) is 1.65. The highest BCUT2D eigenvalue weighted by Gasteiger charge is 2.52. The lowest BCUT2D eigenvalue weighted by molar-refractivity contribution is -0.148. The number of carbonyl (C=O) groups excluding carboxylic acids is 4. The van der Waals surface area contributed by atoms with E-state index >= 15 is 0 Å². The third kappa shape index (κ3) is 11.3. The van der Waals surface area contributed by atoms with E-state index in [4.69, 9.17) is 14.6 Å². The summed E-state index contributed by atoms with van der Waals surface area (Å²) in [4.78, 5) is 72.6. The van der Waals surface area contributed by atoms with Crippen molar-refractivity contribution in [2.75, 3.05) is 33.6 Å². The third-order valence-corrected chi connectivity index (χ3v) is 13.5. The molecule has 17 heteroatoms. The van der Waals surface area contributed by atoms with Crippen LogP contribution in [0.25, 0.3) is 0 Å². The van der Waals surface area contributed by atoms with Gasteiger partial charge in [0.25, 0.3) is 0 Å². The van der Waals surface area contributed by atoms with E-state index in [1.807, 2.05) is 58.0 Å². The Labute approximate surface area is 343 Å². The molecule has 5 amide bonds. The van der Waals surface area contributed by atoms with Gasteiger partial charge in [-0.1, -0.05) is 71.4 Å². The van der Waals surface area contributed by atoms with Crippen LogP contribution in [0.1, 0.15) is 85.1 Å². The van der Waals surface area contributed by atoms with Crippen LogP contribution in [-0.4, -0.2) is 140 Å². The van der Waals surface area contributed by atoms with E-state index in [9.17, 15) is 37.5 Å². The first-order chi connectivity index (χ1) is 27.3. The molecule has 3 unspecified atom stereocenters. The lowest BCUT2D eigenvalue weighted by atomic mass is 9.89. The molecule has 2 bridgehead atoms. The van der Waals surface area contributed by atoms with Gasteiger partial charge in [0.05, 0.1) is 42.4 Å².